The maximum atomic E-state index is 12.3. The Labute approximate surface area is 108 Å². The monoisotopic (exact) mass is 247 g/mol. The second kappa shape index (κ2) is 5.53. The topological polar surface area (TPSA) is 40.5 Å². The maximum absolute atomic E-state index is 12.3. The first kappa shape index (κ1) is 13.1. The summed E-state index contributed by atoms with van der Waals surface area (Å²) in [5.41, 5.74) is 3.45. The van der Waals surface area contributed by atoms with Crippen molar-refractivity contribution in [1.82, 2.24) is 4.90 Å². The van der Waals surface area contributed by atoms with E-state index in [1.54, 1.807) is 0 Å². The lowest BCUT2D eigenvalue weighted by Crippen LogP contribution is -2.36. The summed E-state index contributed by atoms with van der Waals surface area (Å²) in [6.45, 7) is 4.60. The molecule has 1 aliphatic rings. The number of carbonyl (C=O) groups excluding carboxylic acids is 1. The SMILES string of the molecule is Cc1ccc(C)c(CC(=O)N(CCO)C2CC2)c1. The van der Waals surface area contributed by atoms with Crippen LogP contribution >= 0.6 is 0 Å². The quantitative estimate of drug-likeness (QED) is 0.862. The second-order valence-corrected chi connectivity index (χ2v) is 5.15. The first-order chi connectivity index (χ1) is 8.61. The molecule has 3 nitrogen and oxygen atoms in total. The summed E-state index contributed by atoms with van der Waals surface area (Å²) in [6.07, 6.45) is 2.61. The number of nitrogens with zero attached hydrogens (tertiary/aromatic N) is 1. The van der Waals surface area contributed by atoms with Crippen molar-refractivity contribution >= 4 is 5.91 Å². The Balaban J connectivity index is 2.07. The summed E-state index contributed by atoms with van der Waals surface area (Å²) in [4.78, 5) is 14.1. The highest BCUT2D eigenvalue weighted by Gasteiger charge is 2.31. The van der Waals surface area contributed by atoms with Crippen LogP contribution in [0.2, 0.25) is 0 Å². The molecule has 0 spiro atoms. The van der Waals surface area contributed by atoms with Gasteiger partial charge in [0.05, 0.1) is 13.0 Å². The van der Waals surface area contributed by atoms with Crippen LogP contribution in [0.15, 0.2) is 18.2 Å². The van der Waals surface area contributed by atoms with Crippen LogP contribution in [-0.2, 0) is 11.2 Å². The van der Waals surface area contributed by atoms with E-state index in [1.807, 2.05) is 18.7 Å². The standard InChI is InChI=1S/C15H21NO2/c1-11-3-4-12(2)13(9-11)10-15(18)16(7-8-17)14-5-6-14/h3-4,9,14,17H,5-8,10H2,1-2H3. The zero-order valence-electron chi connectivity index (χ0n) is 11.1. The number of hydrogen-bond donors (Lipinski definition) is 1. The highest BCUT2D eigenvalue weighted by Crippen LogP contribution is 2.27. The van der Waals surface area contributed by atoms with Crippen LogP contribution in [0.3, 0.4) is 0 Å². The number of aliphatic hydroxyl groups is 1. The van der Waals surface area contributed by atoms with Crippen LogP contribution in [0, 0.1) is 13.8 Å². The molecular weight excluding hydrogens is 226 g/mol. The molecule has 3 heteroatoms. The van der Waals surface area contributed by atoms with E-state index in [4.69, 9.17) is 5.11 Å². The number of aryl methyl sites for hydroxylation is 2. The molecule has 18 heavy (non-hydrogen) atoms. The van der Waals surface area contributed by atoms with E-state index in [-0.39, 0.29) is 12.5 Å². The maximum Gasteiger partial charge on any atom is 0.227 e. The Morgan fingerprint density at radius 1 is 1.39 bits per heavy atom. The van der Waals surface area contributed by atoms with Crippen molar-refractivity contribution in [2.24, 2.45) is 0 Å². The van der Waals surface area contributed by atoms with Crippen LogP contribution in [-0.4, -0.2) is 35.1 Å². The highest BCUT2D eigenvalue weighted by atomic mass is 16.3. The van der Waals surface area contributed by atoms with Crippen LogP contribution < -0.4 is 0 Å². The van der Waals surface area contributed by atoms with Gasteiger partial charge in [-0.25, -0.2) is 0 Å². The number of aliphatic hydroxyl groups excluding tert-OH is 1. The van der Waals surface area contributed by atoms with Crippen LogP contribution in [0.1, 0.15) is 29.5 Å². The van der Waals surface area contributed by atoms with Crippen LogP contribution in [0.25, 0.3) is 0 Å². The third kappa shape index (κ3) is 3.10. The molecule has 1 aromatic carbocycles. The van der Waals surface area contributed by atoms with E-state index in [0.717, 1.165) is 24.0 Å². The van der Waals surface area contributed by atoms with E-state index in [2.05, 4.69) is 18.2 Å². The van der Waals surface area contributed by atoms with Gasteiger partial charge in [0, 0.05) is 12.6 Å². The number of hydrogen-bond acceptors (Lipinski definition) is 2. The van der Waals surface area contributed by atoms with Gasteiger partial charge in [0.2, 0.25) is 5.91 Å². The molecule has 1 fully saturated rings. The fraction of sp³-hybridized carbons (Fsp3) is 0.533. The van der Waals surface area contributed by atoms with Gasteiger partial charge >= 0.3 is 0 Å². The molecular formula is C15H21NO2. The zero-order valence-corrected chi connectivity index (χ0v) is 11.1. The fourth-order valence-electron chi connectivity index (χ4n) is 2.26. The summed E-state index contributed by atoms with van der Waals surface area (Å²) in [5, 5.41) is 9.03. The summed E-state index contributed by atoms with van der Waals surface area (Å²) < 4.78 is 0. The zero-order chi connectivity index (χ0) is 13.1. The van der Waals surface area contributed by atoms with Crippen molar-refractivity contribution in [3.63, 3.8) is 0 Å². The summed E-state index contributed by atoms with van der Waals surface area (Å²) in [7, 11) is 0. The van der Waals surface area contributed by atoms with Gasteiger partial charge in [-0.3, -0.25) is 4.79 Å². The smallest absolute Gasteiger partial charge is 0.227 e. The molecule has 1 amide bonds. The minimum Gasteiger partial charge on any atom is -0.395 e. The molecule has 0 aromatic heterocycles. The Bertz CT molecular complexity index is 438. The predicted molar refractivity (Wildman–Crippen MR) is 71.4 cm³/mol. The highest BCUT2D eigenvalue weighted by molar-refractivity contribution is 5.79. The normalized spacial score (nSPS) is 14.6. The first-order valence-corrected chi connectivity index (χ1v) is 6.58. The molecule has 0 bridgehead atoms. The van der Waals surface area contributed by atoms with Crippen LogP contribution in [0.4, 0.5) is 0 Å². The third-order valence-corrected chi connectivity index (χ3v) is 3.50. The van der Waals surface area contributed by atoms with Crippen molar-refractivity contribution in [3.05, 3.63) is 34.9 Å². The Morgan fingerprint density at radius 2 is 2.11 bits per heavy atom. The van der Waals surface area contributed by atoms with Crippen molar-refractivity contribution in [2.45, 2.75) is 39.2 Å². The van der Waals surface area contributed by atoms with Gasteiger partial charge in [-0.1, -0.05) is 23.8 Å². The molecule has 0 heterocycles. The Morgan fingerprint density at radius 3 is 2.72 bits per heavy atom. The molecule has 1 aromatic rings. The average Bonchev–Trinajstić information content (AvgIpc) is 3.14. The first-order valence-electron chi connectivity index (χ1n) is 6.58. The average molecular weight is 247 g/mol. The number of benzene rings is 1. The van der Waals surface area contributed by atoms with E-state index in [1.165, 1.54) is 5.56 Å². The van der Waals surface area contributed by atoms with E-state index >= 15 is 0 Å². The van der Waals surface area contributed by atoms with Gasteiger partial charge in [0.15, 0.2) is 0 Å². The molecule has 2 rings (SSSR count). The van der Waals surface area contributed by atoms with Gasteiger partial charge < -0.3 is 10.0 Å². The lowest BCUT2D eigenvalue weighted by molar-refractivity contribution is -0.131. The van der Waals surface area contributed by atoms with Gasteiger partial charge in [0.25, 0.3) is 0 Å². The number of rotatable bonds is 5. The lowest BCUT2D eigenvalue weighted by atomic mass is 10.0. The largest absolute Gasteiger partial charge is 0.395 e. The van der Waals surface area contributed by atoms with Gasteiger partial charge in [0.1, 0.15) is 0 Å². The van der Waals surface area contributed by atoms with Crippen LogP contribution in [0.5, 0.6) is 0 Å². The van der Waals surface area contributed by atoms with Crippen molar-refractivity contribution in [2.75, 3.05) is 13.2 Å². The molecule has 0 unspecified atom stereocenters. The van der Waals surface area contributed by atoms with Crippen molar-refractivity contribution in [1.29, 1.82) is 0 Å². The molecule has 1 N–H and O–H groups in total. The van der Waals surface area contributed by atoms with Crippen molar-refractivity contribution < 1.29 is 9.90 Å². The minimum atomic E-state index is 0.0506. The second-order valence-electron chi connectivity index (χ2n) is 5.15. The fourth-order valence-corrected chi connectivity index (χ4v) is 2.26. The minimum absolute atomic E-state index is 0.0506. The summed E-state index contributed by atoms with van der Waals surface area (Å²) in [5.74, 6) is 0.139. The summed E-state index contributed by atoms with van der Waals surface area (Å²) >= 11 is 0. The molecule has 0 radical (unpaired) electrons. The lowest BCUT2D eigenvalue weighted by Gasteiger charge is -2.22. The molecule has 0 aliphatic heterocycles. The number of amides is 1. The summed E-state index contributed by atoms with van der Waals surface area (Å²) in [6, 6.07) is 6.58. The van der Waals surface area contributed by atoms with Crippen molar-refractivity contribution in [3.8, 4) is 0 Å². The van der Waals surface area contributed by atoms with Gasteiger partial charge in [-0.05, 0) is 37.8 Å². The molecule has 98 valence electrons. The Kier molecular flexibility index (Phi) is 4.02. The van der Waals surface area contributed by atoms with E-state index < -0.39 is 0 Å². The predicted octanol–water partition coefficient (Wildman–Crippen LogP) is 1.83. The number of carbonyl (C=O) groups is 1. The molecule has 0 atom stereocenters. The van der Waals surface area contributed by atoms with E-state index in [9.17, 15) is 4.79 Å². The molecule has 0 saturated heterocycles. The van der Waals surface area contributed by atoms with Gasteiger partial charge in [-0.2, -0.15) is 0 Å². The van der Waals surface area contributed by atoms with E-state index in [0.29, 0.717) is 19.0 Å². The molecule has 1 aliphatic carbocycles. The van der Waals surface area contributed by atoms with Gasteiger partial charge in [-0.15, -0.1) is 0 Å². The third-order valence-electron chi connectivity index (χ3n) is 3.50. The Hall–Kier alpha value is -1.35. The molecule has 1 saturated carbocycles.